The highest BCUT2D eigenvalue weighted by molar-refractivity contribution is 5.99. The largest absolute Gasteiger partial charge is 0.469 e. The Morgan fingerprint density at radius 3 is 2.25 bits per heavy atom. The van der Waals surface area contributed by atoms with Crippen molar-refractivity contribution in [2.45, 2.75) is 30.6 Å². The van der Waals surface area contributed by atoms with Gasteiger partial charge in [-0.05, 0) is 11.1 Å². The maximum atomic E-state index is 14.0. The molecular weight excluding hydrogens is 473 g/mol. The van der Waals surface area contributed by atoms with Crippen molar-refractivity contribution in [3.63, 3.8) is 0 Å². The van der Waals surface area contributed by atoms with Crippen LogP contribution < -0.4 is 5.32 Å². The molecule has 3 heterocycles. The molecule has 36 heavy (non-hydrogen) atoms. The number of hydrogen-bond donors (Lipinski definition) is 1. The van der Waals surface area contributed by atoms with E-state index in [4.69, 9.17) is 4.74 Å². The summed E-state index contributed by atoms with van der Waals surface area (Å²) in [6.07, 6.45) is -3.61. The van der Waals surface area contributed by atoms with Gasteiger partial charge in [0.25, 0.3) is 5.91 Å². The van der Waals surface area contributed by atoms with Crippen LogP contribution in [0.1, 0.15) is 45.9 Å². The van der Waals surface area contributed by atoms with E-state index in [2.05, 4.69) is 10.4 Å². The van der Waals surface area contributed by atoms with E-state index in [1.54, 1.807) is 30.3 Å². The van der Waals surface area contributed by atoms with Gasteiger partial charge in [-0.3, -0.25) is 9.59 Å². The summed E-state index contributed by atoms with van der Waals surface area (Å²) in [5.41, 5.74) is 1.62. The number of aromatic nitrogens is 2. The van der Waals surface area contributed by atoms with E-state index in [1.807, 2.05) is 30.3 Å². The summed E-state index contributed by atoms with van der Waals surface area (Å²) in [6, 6.07) is 15.6. The van der Waals surface area contributed by atoms with Crippen LogP contribution in [0.5, 0.6) is 0 Å². The van der Waals surface area contributed by atoms with Crippen LogP contribution in [-0.4, -0.2) is 52.9 Å². The van der Waals surface area contributed by atoms with E-state index in [9.17, 15) is 22.8 Å². The third-order valence-corrected chi connectivity index (χ3v) is 7.01. The number of alkyl halides is 3. The molecule has 0 aliphatic carbocycles. The van der Waals surface area contributed by atoms with E-state index in [0.717, 1.165) is 10.2 Å². The molecule has 2 unspecified atom stereocenters. The summed E-state index contributed by atoms with van der Waals surface area (Å²) in [6.45, 7) is 0.332. The number of hydrogen-bond acceptors (Lipinski definition) is 5. The van der Waals surface area contributed by atoms with Crippen molar-refractivity contribution >= 4 is 17.7 Å². The van der Waals surface area contributed by atoms with Crippen LogP contribution >= 0.6 is 0 Å². The number of nitrogens with one attached hydrogen (secondary N) is 1. The lowest BCUT2D eigenvalue weighted by molar-refractivity contribution is -0.173. The minimum absolute atomic E-state index is 0.0280. The summed E-state index contributed by atoms with van der Waals surface area (Å²) in [7, 11) is 1.30. The third-order valence-electron chi connectivity index (χ3n) is 7.01. The molecule has 0 bridgehead atoms. The molecule has 1 amide bonds. The number of anilines is 1. The van der Waals surface area contributed by atoms with Gasteiger partial charge < -0.3 is 15.0 Å². The van der Waals surface area contributed by atoms with Crippen LogP contribution in [-0.2, 0) is 9.53 Å². The van der Waals surface area contributed by atoms with Crippen molar-refractivity contribution in [2.24, 2.45) is 5.92 Å². The number of carbonyl (C=O) groups is 2. The molecule has 5 rings (SSSR count). The summed E-state index contributed by atoms with van der Waals surface area (Å²) in [5, 5.41) is 7.09. The van der Waals surface area contributed by atoms with Crippen LogP contribution in [0.3, 0.4) is 0 Å². The first kappa shape index (κ1) is 23.9. The molecule has 2 aliphatic rings. The molecular formula is C26H25F3N4O3. The number of nitrogens with zero attached hydrogens (tertiary/aromatic N) is 3. The van der Waals surface area contributed by atoms with Gasteiger partial charge in [-0.15, -0.1) is 0 Å². The first-order valence-electron chi connectivity index (χ1n) is 11.7. The van der Waals surface area contributed by atoms with Crippen molar-refractivity contribution in [1.82, 2.24) is 14.7 Å². The average molecular weight is 499 g/mol. The lowest BCUT2D eigenvalue weighted by Gasteiger charge is -2.34. The van der Waals surface area contributed by atoms with Crippen molar-refractivity contribution in [2.75, 3.05) is 25.5 Å². The molecule has 3 aromatic rings. The van der Waals surface area contributed by atoms with E-state index in [-0.39, 0.29) is 36.8 Å². The normalized spacial score (nSPS) is 23.6. The van der Waals surface area contributed by atoms with Crippen molar-refractivity contribution in [3.05, 3.63) is 83.6 Å². The van der Waals surface area contributed by atoms with Gasteiger partial charge in [-0.1, -0.05) is 60.7 Å². The van der Waals surface area contributed by atoms with Crippen LogP contribution in [0.4, 0.5) is 19.0 Å². The highest BCUT2D eigenvalue weighted by Crippen LogP contribution is 2.45. The molecule has 2 aromatic carbocycles. The molecule has 0 saturated carbocycles. The highest BCUT2D eigenvalue weighted by atomic mass is 19.4. The average Bonchev–Trinajstić information content (AvgIpc) is 3.53. The van der Waals surface area contributed by atoms with Crippen LogP contribution in [0, 0.1) is 5.92 Å². The number of carbonyl (C=O) groups excluding carboxylic acids is 2. The SMILES string of the molecule is COC(=O)C1CN(C(=O)c2cnn3c2N[C@@H](c2ccccc2)C[C@H]3C(F)(F)F)CC1c1ccccc1. The predicted molar refractivity (Wildman–Crippen MR) is 125 cm³/mol. The second-order valence-electron chi connectivity index (χ2n) is 9.11. The number of methoxy groups -OCH3 is 1. The molecule has 2 aliphatic heterocycles. The molecule has 10 heteroatoms. The quantitative estimate of drug-likeness (QED) is 0.534. The number of ether oxygens (including phenoxy) is 1. The maximum Gasteiger partial charge on any atom is 0.410 e. The second kappa shape index (κ2) is 9.33. The highest BCUT2D eigenvalue weighted by Gasteiger charge is 2.48. The maximum absolute atomic E-state index is 14.0. The molecule has 1 N–H and O–H groups in total. The Hall–Kier alpha value is -3.82. The third kappa shape index (κ3) is 4.31. The van der Waals surface area contributed by atoms with E-state index in [1.165, 1.54) is 18.2 Å². The number of amides is 1. The van der Waals surface area contributed by atoms with E-state index in [0.29, 0.717) is 5.56 Å². The Morgan fingerprint density at radius 2 is 1.64 bits per heavy atom. The van der Waals surface area contributed by atoms with Crippen LogP contribution in [0.15, 0.2) is 66.9 Å². The molecule has 1 saturated heterocycles. The Morgan fingerprint density at radius 1 is 1.00 bits per heavy atom. The summed E-state index contributed by atoms with van der Waals surface area (Å²) < 4.78 is 47.8. The Bertz CT molecular complexity index is 1250. The van der Waals surface area contributed by atoms with Crippen molar-refractivity contribution in [1.29, 1.82) is 0 Å². The molecule has 0 spiro atoms. The van der Waals surface area contributed by atoms with Gasteiger partial charge in [-0.2, -0.15) is 18.3 Å². The monoisotopic (exact) mass is 498 g/mol. The van der Waals surface area contributed by atoms with Gasteiger partial charge in [0.15, 0.2) is 6.04 Å². The van der Waals surface area contributed by atoms with Gasteiger partial charge >= 0.3 is 12.1 Å². The van der Waals surface area contributed by atoms with E-state index < -0.39 is 36.1 Å². The standard InChI is InChI=1S/C26H25F3N4O3/c1-36-25(35)20-15-32(14-19(20)16-8-4-2-5-9-16)24(34)18-13-30-33-22(26(27,28)29)12-21(31-23(18)33)17-10-6-3-7-11-17/h2-11,13,19-22,31H,12,14-15H2,1H3/t19?,20?,21-,22+/m1/s1. The molecule has 1 aromatic heterocycles. The molecule has 4 atom stereocenters. The second-order valence-corrected chi connectivity index (χ2v) is 9.11. The fourth-order valence-electron chi connectivity index (χ4n) is 5.19. The first-order valence-corrected chi connectivity index (χ1v) is 11.7. The minimum atomic E-state index is -4.54. The number of benzene rings is 2. The fourth-order valence-corrected chi connectivity index (χ4v) is 5.19. The number of halogens is 3. The van der Waals surface area contributed by atoms with Gasteiger partial charge in [0, 0.05) is 25.4 Å². The van der Waals surface area contributed by atoms with E-state index >= 15 is 0 Å². The summed E-state index contributed by atoms with van der Waals surface area (Å²) >= 11 is 0. The zero-order valence-electron chi connectivity index (χ0n) is 19.5. The summed E-state index contributed by atoms with van der Waals surface area (Å²) in [4.78, 5) is 27.6. The molecule has 0 radical (unpaired) electrons. The Balaban J connectivity index is 1.47. The number of rotatable bonds is 4. The van der Waals surface area contributed by atoms with Crippen LogP contribution in [0.25, 0.3) is 0 Å². The number of likely N-dealkylation sites (tertiary alicyclic amines) is 1. The number of fused-ring (bicyclic) bond motifs is 1. The van der Waals surface area contributed by atoms with Gasteiger partial charge in [0.1, 0.15) is 11.4 Å². The molecule has 1 fully saturated rings. The molecule has 188 valence electrons. The van der Waals surface area contributed by atoms with Gasteiger partial charge in [0.05, 0.1) is 25.3 Å². The Labute approximate surface area is 205 Å². The fraction of sp³-hybridized carbons (Fsp3) is 0.346. The zero-order chi connectivity index (χ0) is 25.4. The lowest BCUT2D eigenvalue weighted by Crippen LogP contribution is -2.37. The smallest absolute Gasteiger partial charge is 0.410 e. The number of esters is 1. The zero-order valence-corrected chi connectivity index (χ0v) is 19.5. The van der Waals surface area contributed by atoms with Crippen molar-refractivity contribution < 1.29 is 27.5 Å². The Kier molecular flexibility index (Phi) is 6.19. The van der Waals surface area contributed by atoms with Gasteiger partial charge in [-0.25, -0.2) is 4.68 Å². The minimum Gasteiger partial charge on any atom is -0.469 e. The van der Waals surface area contributed by atoms with Crippen LogP contribution in [0.2, 0.25) is 0 Å². The van der Waals surface area contributed by atoms with Gasteiger partial charge in [0.2, 0.25) is 0 Å². The predicted octanol–water partition coefficient (Wildman–Crippen LogP) is 4.57. The lowest BCUT2D eigenvalue weighted by atomic mass is 9.89. The topological polar surface area (TPSA) is 76.5 Å². The first-order chi connectivity index (χ1) is 17.3. The molecule has 7 nitrogen and oxygen atoms in total. The summed E-state index contributed by atoms with van der Waals surface area (Å²) in [5.74, 6) is -1.76. The van der Waals surface area contributed by atoms with Crippen molar-refractivity contribution in [3.8, 4) is 0 Å².